The summed E-state index contributed by atoms with van der Waals surface area (Å²) < 4.78 is 6.04. The van der Waals surface area contributed by atoms with E-state index >= 15 is 0 Å². The molecule has 0 aliphatic heterocycles. The molecule has 27 heavy (non-hydrogen) atoms. The molecule has 1 atom stereocenters. The molecule has 0 fully saturated rings. The van der Waals surface area contributed by atoms with Crippen molar-refractivity contribution in [1.29, 1.82) is 0 Å². The van der Waals surface area contributed by atoms with Crippen molar-refractivity contribution < 1.29 is 4.74 Å². The summed E-state index contributed by atoms with van der Waals surface area (Å²) in [6, 6.07) is 26.4. The van der Waals surface area contributed by atoms with Crippen LogP contribution >= 0.6 is 0 Å². The number of H-pyrrole nitrogens is 1. The van der Waals surface area contributed by atoms with Crippen LogP contribution in [0.3, 0.4) is 0 Å². The molecule has 0 radical (unpaired) electrons. The number of nitrogens with one attached hydrogen (secondary N) is 2. The number of fused-ring (bicyclic) bond motifs is 1. The van der Waals surface area contributed by atoms with Gasteiger partial charge in [0.05, 0.1) is 5.69 Å². The van der Waals surface area contributed by atoms with Crippen LogP contribution in [0.5, 0.6) is 5.75 Å². The third-order valence-corrected chi connectivity index (χ3v) is 4.54. The Balaban J connectivity index is 1.46. The van der Waals surface area contributed by atoms with E-state index in [0.29, 0.717) is 6.61 Å². The van der Waals surface area contributed by atoms with Gasteiger partial charge in [-0.2, -0.15) is 0 Å². The second kappa shape index (κ2) is 7.98. The average molecular weight is 357 g/mol. The number of para-hydroxylation sites is 2. The fourth-order valence-electron chi connectivity index (χ4n) is 3.21. The van der Waals surface area contributed by atoms with Crippen molar-refractivity contribution >= 4 is 22.3 Å². The summed E-state index contributed by atoms with van der Waals surface area (Å²) in [4.78, 5) is 3.24. The lowest BCUT2D eigenvalue weighted by Crippen LogP contribution is -2.30. The van der Waals surface area contributed by atoms with E-state index in [4.69, 9.17) is 10.5 Å². The van der Waals surface area contributed by atoms with E-state index in [1.54, 1.807) is 0 Å². The Kier molecular flexibility index (Phi) is 5.08. The molecule has 0 unspecified atom stereocenters. The first kappa shape index (κ1) is 17.2. The number of anilines is 2. The molecule has 4 rings (SSSR count). The zero-order chi connectivity index (χ0) is 18.5. The maximum atomic E-state index is 6.27. The molecule has 4 heteroatoms. The summed E-state index contributed by atoms with van der Waals surface area (Å²) in [6.45, 7) is 0.460. The molecule has 4 nitrogen and oxygen atoms in total. The molecule has 0 amide bonds. The van der Waals surface area contributed by atoms with Crippen LogP contribution in [0, 0.1) is 0 Å². The van der Waals surface area contributed by atoms with Crippen molar-refractivity contribution in [3.63, 3.8) is 0 Å². The summed E-state index contributed by atoms with van der Waals surface area (Å²) in [5.41, 5.74) is 10.6. The van der Waals surface area contributed by atoms with Gasteiger partial charge in [-0.3, -0.25) is 0 Å². The summed E-state index contributed by atoms with van der Waals surface area (Å²) >= 11 is 0. The number of hydrogen-bond acceptors (Lipinski definition) is 3. The van der Waals surface area contributed by atoms with E-state index < -0.39 is 0 Å². The summed E-state index contributed by atoms with van der Waals surface area (Å²) in [5.74, 6) is 0.800. The van der Waals surface area contributed by atoms with Crippen LogP contribution in [-0.2, 0) is 6.42 Å². The number of aromatic amines is 1. The van der Waals surface area contributed by atoms with Crippen LogP contribution in [0.2, 0.25) is 0 Å². The highest BCUT2D eigenvalue weighted by molar-refractivity contribution is 5.94. The minimum absolute atomic E-state index is 0.0615. The maximum absolute atomic E-state index is 6.27. The van der Waals surface area contributed by atoms with Gasteiger partial charge in [-0.1, -0.05) is 48.5 Å². The van der Waals surface area contributed by atoms with Gasteiger partial charge in [-0.15, -0.1) is 0 Å². The van der Waals surface area contributed by atoms with Crippen molar-refractivity contribution in [3.8, 4) is 5.75 Å². The Morgan fingerprint density at radius 3 is 2.52 bits per heavy atom. The normalized spacial score (nSPS) is 12.0. The van der Waals surface area contributed by atoms with Gasteiger partial charge in [0.1, 0.15) is 12.4 Å². The molecule has 4 aromatic rings. The van der Waals surface area contributed by atoms with Gasteiger partial charge in [-0.05, 0) is 42.3 Å². The highest BCUT2D eigenvalue weighted by atomic mass is 16.5. The topological polar surface area (TPSA) is 63.1 Å². The highest BCUT2D eigenvalue weighted by Gasteiger charge is 2.09. The third-order valence-electron chi connectivity index (χ3n) is 4.54. The number of rotatable bonds is 7. The second-order valence-electron chi connectivity index (χ2n) is 6.63. The Hall–Kier alpha value is -3.24. The van der Waals surface area contributed by atoms with E-state index in [0.717, 1.165) is 34.4 Å². The highest BCUT2D eigenvalue weighted by Crippen LogP contribution is 2.31. The number of nitrogens with two attached hydrogens (primary N) is 1. The molecular formula is C23H23N3O. The average Bonchev–Trinajstić information content (AvgIpc) is 3.18. The molecule has 4 N–H and O–H groups in total. The lowest BCUT2D eigenvalue weighted by Gasteiger charge is -2.17. The predicted molar refractivity (Wildman–Crippen MR) is 112 cm³/mol. The van der Waals surface area contributed by atoms with Crippen molar-refractivity contribution in [2.24, 2.45) is 5.73 Å². The SMILES string of the molecule is N[C@H](COc1ccccc1Nc1cccc2[nH]ccc12)Cc1ccccc1. The van der Waals surface area contributed by atoms with E-state index in [1.807, 2.05) is 54.7 Å². The summed E-state index contributed by atoms with van der Waals surface area (Å²) in [6.07, 6.45) is 2.74. The molecule has 0 aliphatic rings. The lowest BCUT2D eigenvalue weighted by molar-refractivity contribution is 0.289. The summed E-state index contributed by atoms with van der Waals surface area (Å²) in [7, 11) is 0. The first-order valence-corrected chi connectivity index (χ1v) is 9.14. The van der Waals surface area contributed by atoms with Crippen LogP contribution in [-0.4, -0.2) is 17.6 Å². The zero-order valence-electron chi connectivity index (χ0n) is 15.1. The summed E-state index contributed by atoms with van der Waals surface area (Å²) in [5, 5.41) is 4.64. The van der Waals surface area contributed by atoms with Crippen molar-refractivity contribution in [3.05, 3.63) is 90.6 Å². The van der Waals surface area contributed by atoms with Crippen LogP contribution in [0.1, 0.15) is 5.56 Å². The molecule has 136 valence electrons. The van der Waals surface area contributed by atoms with Crippen LogP contribution in [0.15, 0.2) is 85.1 Å². The Labute approximate surface area is 159 Å². The van der Waals surface area contributed by atoms with Gasteiger partial charge in [-0.25, -0.2) is 0 Å². The zero-order valence-corrected chi connectivity index (χ0v) is 15.1. The van der Waals surface area contributed by atoms with Crippen molar-refractivity contribution in [2.45, 2.75) is 12.5 Å². The number of hydrogen-bond donors (Lipinski definition) is 3. The van der Waals surface area contributed by atoms with Crippen LogP contribution in [0.25, 0.3) is 10.9 Å². The second-order valence-corrected chi connectivity index (χ2v) is 6.63. The minimum atomic E-state index is -0.0615. The van der Waals surface area contributed by atoms with Gasteiger partial charge in [0.2, 0.25) is 0 Å². The number of benzene rings is 3. The largest absolute Gasteiger partial charge is 0.490 e. The Bertz CT molecular complexity index is 1010. The van der Waals surface area contributed by atoms with Gasteiger partial charge in [0.15, 0.2) is 0 Å². The quantitative estimate of drug-likeness (QED) is 0.442. The van der Waals surface area contributed by atoms with Crippen molar-refractivity contribution in [2.75, 3.05) is 11.9 Å². The molecule has 3 aromatic carbocycles. The minimum Gasteiger partial charge on any atom is -0.490 e. The van der Waals surface area contributed by atoms with E-state index in [9.17, 15) is 0 Å². The van der Waals surface area contributed by atoms with Gasteiger partial charge in [0.25, 0.3) is 0 Å². The number of ether oxygens (including phenoxy) is 1. The third kappa shape index (κ3) is 4.13. The molecule has 0 saturated carbocycles. The van der Waals surface area contributed by atoms with Gasteiger partial charge in [0, 0.05) is 28.8 Å². The van der Waals surface area contributed by atoms with E-state index in [1.165, 1.54) is 5.56 Å². The number of aromatic nitrogens is 1. The first-order chi connectivity index (χ1) is 13.3. The van der Waals surface area contributed by atoms with Crippen LogP contribution in [0.4, 0.5) is 11.4 Å². The lowest BCUT2D eigenvalue weighted by atomic mass is 10.1. The Morgan fingerprint density at radius 2 is 1.63 bits per heavy atom. The Morgan fingerprint density at radius 1 is 0.852 bits per heavy atom. The fourth-order valence-corrected chi connectivity index (χ4v) is 3.21. The maximum Gasteiger partial charge on any atom is 0.142 e. The standard InChI is InChI=1S/C23H23N3O/c24-18(15-17-7-2-1-3-8-17)16-27-23-12-5-4-9-22(23)26-21-11-6-10-20-19(21)13-14-25-20/h1-14,18,25-26H,15-16,24H2/t18-/m0/s1. The molecule has 0 saturated heterocycles. The first-order valence-electron chi connectivity index (χ1n) is 9.14. The monoisotopic (exact) mass is 357 g/mol. The van der Waals surface area contributed by atoms with E-state index in [-0.39, 0.29) is 6.04 Å². The fraction of sp³-hybridized carbons (Fsp3) is 0.130. The molecule has 1 aromatic heterocycles. The van der Waals surface area contributed by atoms with Gasteiger partial charge < -0.3 is 20.8 Å². The molecule has 0 bridgehead atoms. The van der Waals surface area contributed by atoms with E-state index in [2.05, 4.69) is 40.6 Å². The molecule has 1 heterocycles. The smallest absolute Gasteiger partial charge is 0.142 e. The molecular weight excluding hydrogens is 334 g/mol. The van der Waals surface area contributed by atoms with Crippen molar-refractivity contribution in [1.82, 2.24) is 4.98 Å². The van der Waals surface area contributed by atoms with Crippen LogP contribution < -0.4 is 15.8 Å². The molecule has 0 spiro atoms. The molecule has 0 aliphatic carbocycles. The predicted octanol–water partition coefficient (Wildman–Crippen LogP) is 4.86. The van der Waals surface area contributed by atoms with Gasteiger partial charge >= 0.3 is 0 Å².